The predicted molar refractivity (Wildman–Crippen MR) is 123 cm³/mol. The quantitative estimate of drug-likeness (QED) is 0.509. The molecule has 1 amide bonds. The molecule has 1 saturated heterocycles. The smallest absolute Gasteiger partial charge is 0.226 e. The summed E-state index contributed by atoms with van der Waals surface area (Å²) in [6.07, 6.45) is 5.12. The first-order valence-corrected chi connectivity index (χ1v) is 11.2. The third-order valence-corrected chi connectivity index (χ3v) is 5.91. The largest absolute Gasteiger partial charge is 0.493 e. The van der Waals surface area contributed by atoms with Crippen LogP contribution in [-0.4, -0.2) is 35.5 Å². The molecule has 0 spiro atoms. The van der Waals surface area contributed by atoms with Gasteiger partial charge >= 0.3 is 0 Å². The van der Waals surface area contributed by atoms with Crippen LogP contribution in [-0.2, 0) is 11.2 Å². The van der Waals surface area contributed by atoms with Gasteiger partial charge in [-0.1, -0.05) is 42.0 Å². The highest BCUT2D eigenvalue weighted by molar-refractivity contribution is 5.76. The van der Waals surface area contributed by atoms with Crippen molar-refractivity contribution in [2.45, 2.75) is 38.5 Å². The number of carbonyl (C=O) groups is 1. The molecule has 0 unspecified atom stereocenters. The maximum atomic E-state index is 13.2. The van der Waals surface area contributed by atoms with Crippen LogP contribution in [0.2, 0.25) is 0 Å². The molecule has 1 aliphatic heterocycles. The lowest BCUT2D eigenvalue weighted by Crippen LogP contribution is -2.39. The number of carbonyl (C=O) groups excluding carboxylic acids is 1. The van der Waals surface area contributed by atoms with E-state index in [4.69, 9.17) is 9.72 Å². The fraction of sp³-hybridized carbons (Fsp3) is 0.333. The lowest BCUT2D eigenvalue weighted by atomic mass is 9.93. The Bertz CT molecular complexity index is 1050. The number of hydrogen-bond acceptors (Lipinski definition) is 3. The molecule has 1 atom stereocenters. The number of aromatic nitrogens is 1. The van der Waals surface area contributed by atoms with Crippen LogP contribution in [0.5, 0.6) is 5.75 Å². The van der Waals surface area contributed by atoms with E-state index in [0.717, 1.165) is 31.5 Å². The number of pyridine rings is 1. The maximum Gasteiger partial charge on any atom is 0.226 e. The molecule has 0 saturated carbocycles. The zero-order chi connectivity index (χ0) is 22.3. The molecule has 4 nitrogen and oxygen atoms in total. The Kier molecular flexibility index (Phi) is 7.15. The van der Waals surface area contributed by atoms with Gasteiger partial charge in [-0.2, -0.15) is 0 Å². The summed E-state index contributed by atoms with van der Waals surface area (Å²) in [6.45, 7) is 3.80. The molecule has 2 heterocycles. The number of ether oxygens (including phenoxy) is 1. The summed E-state index contributed by atoms with van der Waals surface area (Å²) < 4.78 is 18.8. The topological polar surface area (TPSA) is 42.4 Å². The molecular formula is C27H29FN2O2. The van der Waals surface area contributed by atoms with E-state index < -0.39 is 0 Å². The van der Waals surface area contributed by atoms with Gasteiger partial charge in [-0.25, -0.2) is 4.39 Å². The van der Waals surface area contributed by atoms with E-state index in [1.807, 2.05) is 11.1 Å². The molecule has 2 aromatic carbocycles. The zero-order valence-electron chi connectivity index (χ0n) is 18.5. The summed E-state index contributed by atoms with van der Waals surface area (Å²) in [5, 5.41) is 0. The highest BCUT2D eigenvalue weighted by atomic mass is 19.1. The Labute approximate surface area is 189 Å². The molecular weight excluding hydrogens is 403 g/mol. The molecule has 3 aromatic rings. The van der Waals surface area contributed by atoms with Gasteiger partial charge in [0.2, 0.25) is 5.91 Å². The molecule has 0 aliphatic carbocycles. The van der Waals surface area contributed by atoms with Gasteiger partial charge in [0.25, 0.3) is 0 Å². The van der Waals surface area contributed by atoms with Gasteiger partial charge in [0.15, 0.2) is 0 Å². The Morgan fingerprint density at radius 2 is 2.00 bits per heavy atom. The van der Waals surface area contributed by atoms with E-state index in [1.165, 1.54) is 28.8 Å². The number of aryl methyl sites for hydroxylation is 1. The van der Waals surface area contributed by atoms with Gasteiger partial charge in [-0.15, -0.1) is 0 Å². The minimum absolute atomic E-state index is 0.0715. The number of piperidine rings is 1. The molecule has 0 radical (unpaired) electrons. The fourth-order valence-corrected chi connectivity index (χ4v) is 4.26. The average molecular weight is 433 g/mol. The Morgan fingerprint density at radius 1 is 1.12 bits per heavy atom. The number of nitrogens with zero attached hydrogens (tertiary/aromatic N) is 2. The van der Waals surface area contributed by atoms with Crippen molar-refractivity contribution in [2.24, 2.45) is 0 Å². The van der Waals surface area contributed by atoms with Crippen LogP contribution in [0.15, 0.2) is 66.9 Å². The highest BCUT2D eigenvalue weighted by Gasteiger charge is 2.25. The Balaban J connectivity index is 1.29. The van der Waals surface area contributed by atoms with Crippen molar-refractivity contribution in [3.63, 3.8) is 0 Å². The van der Waals surface area contributed by atoms with E-state index in [1.54, 1.807) is 12.1 Å². The lowest BCUT2D eigenvalue weighted by Gasteiger charge is -2.32. The van der Waals surface area contributed by atoms with Crippen LogP contribution in [0.1, 0.15) is 47.6 Å². The summed E-state index contributed by atoms with van der Waals surface area (Å²) in [5.74, 6) is 0.432. The molecule has 0 N–H and O–H groups in total. The van der Waals surface area contributed by atoms with Crippen molar-refractivity contribution < 1.29 is 13.9 Å². The van der Waals surface area contributed by atoms with Gasteiger partial charge in [0.05, 0.1) is 13.0 Å². The van der Waals surface area contributed by atoms with Crippen LogP contribution in [0.3, 0.4) is 0 Å². The van der Waals surface area contributed by atoms with Crippen molar-refractivity contribution in [2.75, 3.05) is 19.7 Å². The first kappa shape index (κ1) is 22.0. The number of benzene rings is 2. The van der Waals surface area contributed by atoms with Crippen molar-refractivity contribution >= 4 is 5.91 Å². The summed E-state index contributed by atoms with van der Waals surface area (Å²) >= 11 is 0. The van der Waals surface area contributed by atoms with E-state index in [0.29, 0.717) is 12.3 Å². The SMILES string of the molecule is Cc1cccc(Cc2ccc([C@@H]3CCCN(C(=O)CCOc4cccc(F)c4)C3)nc2)c1. The molecule has 4 rings (SSSR count). The highest BCUT2D eigenvalue weighted by Crippen LogP contribution is 2.26. The van der Waals surface area contributed by atoms with Gasteiger partial charge < -0.3 is 9.64 Å². The van der Waals surface area contributed by atoms with E-state index in [9.17, 15) is 9.18 Å². The van der Waals surface area contributed by atoms with Crippen molar-refractivity contribution in [3.8, 4) is 5.75 Å². The minimum Gasteiger partial charge on any atom is -0.493 e. The van der Waals surface area contributed by atoms with Gasteiger partial charge in [0, 0.05) is 37.0 Å². The number of rotatable bonds is 7. The second kappa shape index (κ2) is 10.4. The van der Waals surface area contributed by atoms with Crippen molar-refractivity contribution in [3.05, 3.63) is 95.1 Å². The van der Waals surface area contributed by atoms with Crippen LogP contribution >= 0.6 is 0 Å². The van der Waals surface area contributed by atoms with Crippen LogP contribution < -0.4 is 4.74 Å². The van der Waals surface area contributed by atoms with Crippen molar-refractivity contribution in [1.82, 2.24) is 9.88 Å². The second-order valence-electron chi connectivity index (χ2n) is 8.49. The summed E-state index contributed by atoms with van der Waals surface area (Å²) in [5.41, 5.74) is 4.79. The fourth-order valence-electron chi connectivity index (χ4n) is 4.26. The number of halogens is 1. The van der Waals surface area contributed by atoms with Gasteiger partial charge in [0.1, 0.15) is 11.6 Å². The lowest BCUT2D eigenvalue weighted by molar-refractivity contribution is -0.132. The molecule has 0 bridgehead atoms. The van der Waals surface area contributed by atoms with E-state index in [-0.39, 0.29) is 30.7 Å². The molecule has 5 heteroatoms. The molecule has 166 valence electrons. The van der Waals surface area contributed by atoms with E-state index in [2.05, 4.69) is 43.3 Å². The van der Waals surface area contributed by atoms with Crippen LogP contribution in [0.4, 0.5) is 4.39 Å². The first-order valence-electron chi connectivity index (χ1n) is 11.2. The molecule has 1 fully saturated rings. The summed E-state index contributed by atoms with van der Waals surface area (Å²) in [4.78, 5) is 19.3. The van der Waals surface area contributed by atoms with Crippen LogP contribution in [0, 0.1) is 12.7 Å². The molecule has 1 aliphatic rings. The Morgan fingerprint density at radius 3 is 2.78 bits per heavy atom. The number of likely N-dealkylation sites (tertiary alicyclic amines) is 1. The van der Waals surface area contributed by atoms with Gasteiger partial charge in [-0.05, 0) is 55.5 Å². The monoisotopic (exact) mass is 432 g/mol. The predicted octanol–water partition coefficient (Wildman–Crippen LogP) is 5.30. The minimum atomic E-state index is -0.343. The first-order chi connectivity index (χ1) is 15.6. The Hall–Kier alpha value is -3.21. The third kappa shape index (κ3) is 5.94. The van der Waals surface area contributed by atoms with Crippen LogP contribution in [0.25, 0.3) is 0 Å². The second-order valence-corrected chi connectivity index (χ2v) is 8.49. The zero-order valence-corrected chi connectivity index (χ0v) is 18.5. The normalized spacial score (nSPS) is 16.1. The molecule has 1 aromatic heterocycles. The number of hydrogen-bond donors (Lipinski definition) is 0. The van der Waals surface area contributed by atoms with Gasteiger partial charge in [-0.3, -0.25) is 9.78 Å². The third-order valence-electron chi connectivity index (χ3n) is 5.91. The molecule has 32 heavy (non-hydrogen) atoms. The number of amides is 1. The summed E-state index contributed by atoms with van der Waals surface area (Å²) in [7, 11) is 0. The van der Waals surface area contributed by atoms with E-state index >= 15 is 0 Å². The van der Waals surface area contributed by atoms with Crippen molar-refractivity contribution in [1.29, 1.82) is 0 Å². The maximum absolute atomic E-state index is 13.2. The average Bonchev–Trinajstić information content (AvgIpc) is 2.80. The standard InChI is InChI=1S/C27H29FN2O2/c1-20-5-2-6-21(15-20)16-22-10-11-26(29-18-22)23-7-4-13-30(19-23)27(31)12-14-32-25-9-3-8-24(28)17-25/h2-3,5-6,8-11,15,17-18,23H,4,7,12-14,16,19H2,1H3/t23-/m1/s1. The summed E-state index contributed by atoms with van der Waals surface area (Å²) in [6, 6.07) is 18.8.